The zero-order chi connectivity index (χ0) is 21.3. The smallest absolute Gasteiger partial charge is 0.221 e. The topological polar surface area (TPSA) is 112 Å². The number of nitrogens with one attached hydrogen (secondary N) is 1. The van der Waals surface area contributed by atoms with E-state index in [1.54, 1.807) is 24.4 Å². The lowest BCUT2D eigenvalue weighted by atomic mass is 10.0. The fourth-order valence-electron chi connectivity index (χ4n) is 2.93. The first-order valence-electron chi connectivity index (χ1n) is 8.80. The highest BCUT2D eigenvalue weighted by molar-refractivity contribution is 6.43. The molecule has 4 rings (SSSR count). The number of nitrogen functional groups attached to an aromatic ring is 1. The Morgan fingerprint density at radius 1 is 1.10 bits per heavy atom. The fraction of sp³-hybridized carbons (Fsp3) is 0.0500. The van der Waals surface area contributed by atoms with Crippen molar-refractivity contribution < 1.29 is 4.79 Å². The third-order valence-corrected chi connectivity index (χ3v) is 5.14. The number of tetrazole rings is 1. The lowest BCUT2D eigenvalue weighted by Crippen LogP contribution is -2.05. The Balaban J connectivity index is 1.76. The van der Waals surface area contributed by atoms with Gasteiger partial charge in [-0.15, -0.1) is 5.10 Å². The fourth-order valence-corrected chi connectivity index (χ4v) is 3.31. The van der Waals surface area contributed by atoms with Crippen molar-refractivity contribution in [2.45, 2.75) is 6.92 Å². The first-order valence-corrected chi connectivity index (χ1v) is 9.56. The molecule has 0 bridgehead atoms. The zero-order valence-corrected chi connectivity index (χ0v) is 17.2. The third kappa shape index (κ3) is 3.83. The van der Waals surface area contributed by atoms with E-state index in [0.29, 0.717) is 32.8 Å². The van der Waals surface area contributed by atoms with Gasteiger partial charge in [-0.3, -0.25) is 4.79 Å². The zero-order valence-electron chi connectivity index (χ0n) is 15.7. The molecular formula is C20H15Cl2N7O. The minimum absolute atomic E-state index is 0.134. The molecule has 10 heteroatoms. The standard InChI is InChI=1S/C20H15Cl2N7O/c1-11(30)25-14-7-5-12(6-8-14)13-9-15(19(23)24-10-13)20-26-27-28-29(20)17-4-2-3-16(21)18(17)22/h2-10H,1H3,(H2,23,24)(H,25,30). The Morgan fingerprint density at radius 2 is 1.87 bits per heavy atom. The number of benzene rings is 2. The molecule has 30 heavy (non-hydrogen) atoms. The van der Waals surface area contributed by atoms with Crippen molar-refractivity contribution in [3.63, 3.8) is 0 Å². The van der Waals surface area contributed by atoms with E-state index in [1.165, 1.54) is 11.6 Å². The Morgan fingerprint density at radius 3 is 2.60 bits per heavy atom. The molecule has 0 saturated heterocycles. The van der Waals surface area contributed by atoms with E-state index >= 15 is 0 Å². The molecule has 8 nitrogen and oxygen atoms in total. The summed E-state index contributed by atoms with van der Waals surface area (Å²) < 4.78 is 1.46. The van der Waals surface area contributed by atoms with Crippen LogP contribution in [0, 0.1) is 0 Å². The van der Waals surface area contributed by atoms with Crippen molar-refractivity contribution in [1.29, 1.82) is 0 Å². The van der Waals surface area contributed by atoms with Crippen molar-refractivity contribution >= 4 is 40.6 Å². The summed E-state index contributed by atoms with van der Waals surface area (Å²) in [6.07, 6.45) is 1.66. The highest BCUT2D eigenvalue weighted by Gasteiger charge is 2.18. The van der Waals surface area contributed by atoms with E-state index in [4.69, 9.17) is 28.9 Å². The van der Waals surface area contributed by atoms with Gasteiger partial charge in [-0.1, -0.05) is 41.4 Å². The van der Waals surface area contributed by atoms with Gasteiger partial charge in [0.2, 0.25) is 5.91 Å². The van der Waals surface area contributed by atoms with Gasteiger partial charge in [-0.05, 0) is 46.3 Å². The summed E-state index contributed by atoms with van der Waals surface area (Å²) in [7, 11) is 0. The molecule has 0 aliphatic rings. The number of carbonyl (C=O) groups excluding carboxylic acids is 1. The average Bonchev–Trinajstić information content (AvgIpc) is 3.20. The van der Waals surface area contributed by atoms with Gasteiger partial charge in [-0.25, -0.2) is 4.98 Å². The van der Waals surface area contributed by atoms with Crippen LogP contribution in [0.25, 0.3) is 28.2 Å². The predicted octanol–water partition coefficient (Wildman–Crippen LogP) is 4.24. The second-order valence-electron chi connectivity index (χ2n) is 6.40. The summed E-state index contributed by atoms with van der Waals surface area (Å²) >= 11 is 12.5. The number of anilines is 2. The van der Waals surface area contributed by atoms with Gasteiger partial charge in [0.1, 0.15) is 5.82 Å². The largest absolute Gasteiger partial charge is 0.383 e. The Labute approximate surface area is 181 Å². The number of pyridine rings is 1. The van der Waals surface area contributed by atoms with Gasteiger partial charge in [0.25, 0.3) is 0 Å². The van der Waals surface area contributed by atoms with Crippen LogP contribution in [0.4, 0.5) is 11.5 Å². The number of hydrogen-bond donors (Lipinski definition) is 2. The SMILES string of the molecule is CC(=O)Nc1ccc(-c2cnc(N)c(-c3nnnn3-c3cccc(Cl)c3Cl)c2)cc1. The molecule has 2 heterocycles. The third-order valence-electron chi connectivity index (χ3n) is 4.33. The molecule has 0 fully saturated rings. The van der Waals surface area contributed by atoms with Crippen molar-refractivity contribution in [1.82, 2.24) is 25.2 Å². The summed E-state index contributed by atoms with van der Waals surface area (Å²) in [4.78, 5) is 15.5. The number of hydrogen-bond acceptors (Lipinski definition) is 6. The number of rotatable bonds is 4. The molecule has 2 aromatic heterocycles. The second-order valence-corrected chi connectivity index (χ2v) is 7.19. The van der Waals surface area contributed by atoms with Gasteiger partial charge >= 0.3 is 0 Å². The normalized spacial score (nSPS) is 10.8. The number of amides is 1. The van der Waals surface area contributed by atoms with Crippen LogP contribution in [0.1, 0.15) is 6.92 Å². The first kappa shape index (κ1) is 19.8. The molecule has 0 aliphatic carbocycles. The lowest BCUT2D eigenvalue weighted by Gasteiger charge is -2.11. The molecule has 3 N–H and O–H groups in total. The molecule has 0 saturated carbocycles. The Bertz CT molecular complexity index is 1240. The van der Waals surface area contributed by atoms with Crippen molar-refractivity contribution in [3.8, 4) is 28.2 Å². The summed E-state index contributed by atoms with van der Waals surface area (Å²) in [6, 6.07) is 14.4. The number of nitrogens with two attached hydrogens (primary N) is 1. The Hall–Kier alpha value is -3.49. The monoisotopic (exact) mass is 439 g/mol. The molecule has 2 aromatic carbocycles. The Kier molecular flexibility index (Phi) is 5.35. The summed E-state index contributed by atoms with van der Waals surface area (Å²) in [5, 5.41) is 15.4. The van der Waals surface area contributed by atoms with Crippen molar-refractivity contribution in [2.24, 2.45) is 0 Å². The average molecular weight is 440 g/mol. The molecule has 0 aliphatic heterocycles. The van der Waals surface area contributed by atoms with E-state index in [1.807, 2.05) is 30.3 Å². The molecule has 0 radical (unpaired) electrons. The van der Waals surface area contributed by atoms with E-state index in [9.17, 15) is 4.79 Å². The van der Waals surface area contributed by atoms with Crippen molar-refractivity contribution in [3.05, 3.63) is 64.8 Å². The van der Waals surface area contributed by atoms with E-state index in [0.717, 1.165) is 11.1 Å². The predicted molar refractivity (Wildman–Crippen MR) is 117 cm³/mol. The molecule has 1 amide bonds. The quantitative estimate of drug-likeness (QED) is 0.491. The maximum absolute atomic E-state index is 11.2. The van der Waals surface area contributed by atoms with Crippen LogP contribution in [-0.2, 0) is 4.79 Å². The van der Waals surface area contributed by atoms with Crippen LogP contribution in [0.2, 0.25) is 10.0 Å². The summed E-state index contributed by atoms with van der Waals surface area (Å²) in [5.74, 6) is 0.509. The van der Waals surface area contributed by atoms with Crippen LogP contribution < -0.4 is 11.1 Å². The van der Waals surface area contributed by atoms with E-state index in [2.05, 4.69) is 25.8 Å². The summed E-state index contributed by atoms with van der Waals surface area (Å²) in [5.41, 5.74) is 9.58. The van der Waals surface area contributed by atoms with Crippen LogP contribution >= 0.6 is 23.2 Å². The highest BCUT2D eigenvalue weighted by Crippen LogP contribution is 2.33. The van der Waals surface area contributed by atoms with Gasteiger partial charge in [0, 0.05) is 24.4 Å². The van der Waals surface area contributed by atoms with Gasteiger partial charge in [-0.2, -0.15) is 4.68 Å². The first-order chi connectivity index (χ1) is 14.4. The van der Waals surface area contributed by atoms with E-state index in [-0.39, 0.29) is 11.7 Å². The minimum atomic E-state index is -0.134. The maximum Gasteiger partial charge on any atom is 0.221 e. The summed E-state index contributed by atoms with van der Waals surface area (Å²) in [6.45, 7) is 1.46. The van der Waals surface area contributed by atoms with Crippen LogP contribution in [0.5, 0.6) is 0 Å². The van der Waals surface area contributed by atoms with Crippen LogP contribution in [-0.4, -0.2) is 31.1 Å². The van der Waals surface area contributed by atoms with Crippen molar-refractivity contribution in [2.75, 3.05) is 11.1 Å². The lowest BCUT2D eigenvalue weighted by molar-refractivity contribution is -0.114. The molecule has 0 unspecified atom stereocenters. The van der Waals surface area contributed by atoms with Crippen LogP contribution in [0.3, 0.4) is 0 Å². The van der Waals surface area contributed by atoms with Gasteiger partial charge in [0.05, 0.1) is 21.3 Å². The molecule has 0 atom stereocenters. The highest BCUT2D eigenvalue weighted by atomic mass is 35.5. The second kappa shape index (κ2) is 8.10. The van der Waals surface area contributed by atoms with Gasteiger partial charge in [0.15, 0.2) is 5.82 Å². The number of aromatic nitrogens is 5. The van der Waals surface area contributed by atoms with Gasteiger partial charge < -0.3 is 11.1 Å². The van der Waals surface area contributed by atoms with Crippen LogP contribution in [0.15, 0.2) is 54.7 Å². The molecular weight excluding hydrogens is 425 g/mol. The minimum Gasteiger partial charge on any atom is -0.383 e. The number of carbonyl (C=O) groups is 1. The maximum atomic E-state index is 11.2. The molecule has 0 spiro atoms. The molecule has 150 valence electrons. The molecule has 4 aromatic rings. The number of halogens is 2. The van der Waals surface area contributed by atoms with E-state index < -0.39 is 0 Å². The number of nitrogens with zero attached hydrogens (tertiary/aromatic N) is 5.